The summed E-state index contributed by atoms with van der Waals surface area (Å²) in [5, 5.41) is 8.77. The van der Waals surface area contributed by atoms with Crippen LogP contribution in [0.4, 0.5) is 5.82 Å². The van der Waals surface area contributed by atoms with Crippen LogP contribution >= 0.6 is 0 Å². The number of nitrogens with zero attached hydrogens (tertiary/aromatic N) is 2. The number of fused-ring (bicyclic) bond motifs is 4. The summed E-state index contributed by atoms with van der Waals surface area (Å²) in [6.45, 7) is 10.4. The van der Waals surface area contributed by atoms with Gasteiger partial charge in [0.15, 0.2) is 0 Å². The molecule has 4 aromatic rings. The second-order valence-electron chi connectivity index (χ2n) is 8.67. The highest BCUT2D eigenvalue weighted by molar-refractivity contribution is 6.18. The van der Waals surface area contributed by atoms with Crippen molar-refractivity contribution in [3.63, 3.8) is 0 Å². The number of benzene rings is 2. The van der Waals surface area contributed by atoms with E-state index in [1.54, 1.807) is 0 Å². The molecule has 164 valence electrons. The van der Waals surface area contributed by atoms with E-state index in [4.69, 9.17) is 10.7 Å². The number of aromatic amines is 1. The minimum absolute atomic E-state index is 0.753. The molecule has 0 spiro atoms. The number of aromatic nitrogens is 2. The molecule has 5 heteroatoms. The molecule has 2 aromatic heterocycles. The van der Waals surface area contributed by atoms with E-state index in [0.717, 1.165) is 51.3 Å². The maximum atomic E-state index is 5.62. The van der Waals surface area contributed by atoms with Crippen molar-refractivity contribution in [3.8, 4) is 0 Å². The van der Waals surface area contributed by atoms with Gasteiger partial charge in [0.2, 0.25) is 0 Å². The van der Waals surface area contributed by atoms with Crippen molar-refractivity contribution < 1.29 is 0 Å². The molecule has 0 unspecified atom stereocenters. The van der Waals surface area contributed by atoms with Crippen molar-refractivity contribution >= 4 is 38.4 Å². The van der Waals surface area contributed by atoms with Gasteiger partial charge >= 0.3 is 0 Å². The molecule has 0 aliphatic heterocycles. The van der Waals surface area contributed by atoms with Crippen LogP contribution in [0.5, 0.6) is 0 Å². The molecular weight excluding hydrogens is 382 g/mol. The molecule has 2 aromatic carbocycles. The average Bonchev–Trinajstić information content (AvgIpc) is 3.17. The van der Waals surface area contributed by atoms with Crippen molar-refractivity contribution in [2.45, 2.75) is 40.0 Å². The number of hydrogen-bond acceptors (Lipinski definition) is 4. The zero-order valence-corrected chi connectivity index (χ0v) is 19.3. The van der Waals surface area contributed by atoms with Crippen LogP contribution in [0.15, 0.2) is 30.5 Å². The van der Waals surface area contributed by atoms with E-state index >= 15 is 0 Å². The van der Waals surface area contributed by atoms with Gasteiger partial charge in [0, 0.05) is 34.4 Å². The van der Waals surface area contributed by atoms with Crippen LogP contribution in [0, 0.1) is 13.8 Å². The molecule has 4 N–H and O–H groups in total. The Morgan fingerprint density at radius 3 is 2.61 bits per heavy atom. The van der Waals surface area contributed by atoms with E-state index in [0.29, 0.717) is 0 Å². The topological polar surface area (TPSA) is 70.0 Å². The monoisotopic (exact) mass is 417 g/mol. The van der Waals surface area contributed by atoms with Gasteiger partial charge in [-0.25, -0.2) is 4.98 Å². The Morgan fingerprint density at radius 2 is 1.84 bits per heavy atom. The maximum absolute atomic E-state index is 5.62. The largest absolute Gasteiger partial charge is 0.370 e. The summed E-state index contributed by atoms with van der Waals surface area (Å²) in [5.41, 5.74) is 12.0. The standard InChI is InChI=1S/C26H35N5/c1-5-19-8-9-22-21(16-19)23-18(3)24-20(17(2)25(23)30-22)10-13-29-26(24)28-12-7-15-31(4)14-6-11-27/h8-10,13,16,30H,5-7,11-12,14-15,27H2,1-4H3,(H,28,29). The minimum atomic E-state index is 0.753. The van der Waals surface area contributed by atoms with Crippen molar-refractivity contribution in [2.24, 2.45) is 5.73 Å². The number of H-pyrrole nitrogens is 1. The first-order chi connectivity index (χ1) is 15.0. The summed E-state index contributed by atoms with van der Waals surface area (Å²) < 4.78 is 0. The first-order valence-corrected chi connectivity index (χ1v) is 11.5. The fourth-order valence-corrected chi connectivity index (χ4v) is 4.71. The number of rotatable bonds is 9. The van der Waals surface area contributed by atoms with Gasteiger partial charge in [0.05, 0.1) is 5.52 Å². The molecule has 0 aliphatic carbocycles. The van der Waals surface area contributed by atoms with Gasteiger partial charge < -0.3 is 20.9 Å². The molecule has 0 saturated heterocycles. The van der Waals surface area contributed by atoms with Gasteiger partial charge in [-0.2, -0.15) is 0 Å². The Bertz CT molecular complexity index is 1210. The predicted molar refractivity (Wildman–Crippen MR) is 134 cm³/mol. The van der Waals surface area contributed by atoms with Gasteiger partial charge in [0.25, 0.3) is 0 Å². The zero-order valence-electron chi connectivity index (χ0n) is 19.3. The Hall–Kier alpha value is -2.63. The Balaban J connectivity index is 1.70. The third-order valence-corrected chi connectivity index (χ3v) is 6.50. The number of nitrogens with one attached hydrogen (secondary N) is 2. The van der Waals surface area contributed by atoms with E-state index < -0.39 is 0 Å². The third-order valence-electron chi connectivity index (χ3n) is 6.50. The second kappa shape index (κ2) is 9.25. The molecular formula is C26H35N5. The minimum Gasteiger partial charge on any atom is -0.370 e. The first kappa shape index (κ1) is 21.6. The molecule has 5 nitrogen and oxygen atoms in total. The Kier molecular flexibility index (Phi) is 6.44. The SMILES string of the molecule is CCc1ccc2[nH]c3c(C)c4ccnc(NCCCN(C)CCCN)c4c(C)c3c2c1. The Morgan fingerprint density at radius 1 is 1.03 bits per heavy atom. The highest BCUT2D eigenvalue weighted by Crippen LogP contribution is 2.39. The van der Waals surface area contributed by atoms with Crippen LogP contribution in [0.2, 0.25) is 0 Å². The average molecular weight is 418 g/mol. The lowest BCUT2D eigenvalue weighted by atomic mass is 9.95. The maximum Gasteiger partial charge on any atom is 0.134 e. The number of pyridine rings is 1. The first-order valence-electron chi connectivity index (χ1n) is 11.5. The second-order valence-corrected chi connectivity index (χ2v) is 8.67. The lowest BCUT2D eigenvalue weighted by molar-refractivity contribution is 0.330. The number of anilines is 1. The highest BCUT2D eigenvalue weighted by atomic mass is 15.1. The molecule has 0 aliphatic rings. The summed E-state index contributed by atoms with van der Waals surface area (Å²) in [6.07, 6.45) is 5.09. The predicted octanol–water partition coefficient (Wildman–Crippen LogP) is 5.13. The molecule has 4 rings (SSSR count). The summed E-state index contributed by atoms with van der Waals surface area (Å²) in [5.74, 6) is 0.991. The van der Waals surface area contributed by atoms with Gasteiger partial charge in [-0.15, -0.1) is 0 Å². The normalized spacial score (nSPS) is 11.9. The van der Waals surface area contributed by atoms with Gasteiger partial charge in [-0.1, -0.05) is 13.0 Å². The van der Waals surface area contributed by atoms with E-state index in [-0.39, 0.29) is 0 Å². The summed E-state index contributed by atoms with van der Waals surface area (Å²) in [7, 11) is 2.16. The fraction of sp³-hybridized carbons (Fsp3) is 0.423. The molecule has 0 fully saturated rings. The summed E-state index contributed by atoms with van der Waals surface area (Å²) in [6, 6.07) is 8.93. The molecule has 0 saturated carbocycles. The molecule has 0 atom stereocenters. The lowest BCUT2D eigenvalue weighted by Crippen LogP contribution is -2.24. The molecule has 31 heavy (non-hydrogen) atoms. The van der Waals surface area contributed by atoms with Crippen LogP contribution in [0.25, 0.3) is 32.6 Å². The highest BCUT2D eigenvalue weighted by Gasteiger charge is 2.17. The van der Waals surface area contributed by atoms with Crippen LogP contribution < -0.4 is 11.1 Å². The van der Waals surface area contributed by atoms with Gasteiger partial charge in [0.1, 0.15) is 5.82 Å². The fourth-order valence-electron chi connectivity index (χ4n) is 4.71. The smallest absolute Gasteiger partial charge is 0.134 e. The zero-order chi connectivity index (χ0) is 22.0. The van der Waals surface area contributed by atoms with Crippen molar-refractivity contribution in [2.75, 3.05) is 38.5 Å². The van der Waals surface area contributed by atoms with Crippen molar-refractivity contribution in [3.05, 3.63) is 47.2 Å². The van der Waals surface area contributed by atoms with Crippen LogP contribution in [-0.4, -0.2) is 48.1 Å². The molecule has 0 amide bonds. The molecule has 0 radical (unpaired) electrons. The van der Waals surface area contributed by atoms with Gasteiger partial charge in [-0.05, 0) is 100 Å². The van der Waals surface area contributed by atoms with E-state index in [9.17, 15) is 0 Å². The summed E-state index contributed by atoms with van der Waals surface area (Å²) in [4.78, 5) is 10.8. The van der Waals surface area contributed by atoms with E-state index in [1.807, 2.05) is 6.20 Å². The molecule has 2 heterocycles. The van der Waals surface area contributed by atoms with E-state index in [2.05, 4.69) is 67.3 Å². The number of aryl methyl sites for hydroxylation is 3. The number of nitrogens with two attached hydrogens (primary N) is 1. The van der Waals surface area contributed by atoms with Crippen molar-refractivity contribution in [1.82, 2.24) is 14.9 Å². The van der Waals surface area contributed by atoms with Crippen molar-refractivity contribution in [1.29, 1.82) is 0 Å². The lowest BCUT2D eigenvalue weighted by Gasteiger charge is -2.17. The van der Waals surface area contributed by atoms with Crippen LogP contribution in [0.1, 0.15) is 36.5 Å². The van der Waals surface area contributed by atoms with Crippen LogP contribution in [-0.2, 0) is 6.42 Å². The van der Waals surface area contributed by atoms with Gasteiger partial charge in [-0.3, -0.25) is 0 Å². The quantitative estimate of drug-likeness (QED) is 0.330. The van der Waals surface area contributed by atoms with E-state index in [1.165, 1.54) is 49.3 Å². The number of hydrogen-bond donors (Lipinski definition) is 3. The third kappa shape index (κ3) is 4.12. The summed E-state index contributed by atoms with van der Waals surface area (Å²) >= 11 is 0. The van der Waals surface area contributed by atoms with Crippen LogP contribution in [0.3, 0.4) is 0 Å². The molecule has 0 bridgehead atoms. The Labute approximate surface area is 185 Å².